The fourth-order valence-corrected chi connectivity index (χ4v) is 1.57. The smallest absolute Gasteiger partial charge is 0.492 e. The van der Waals surface area contributed by atoms with Crippen molar-refractivity contribution in [2.75, 3.05) is 0 Å². The third kappa shape index (κ3) is 1.91. The molecule has 1 heterocycles. The molecule has 16 heavy (non-hydrogen) atoms. The van der Waals surface area contributed by atoms with Crippen molar-refractivity contribution in [3.05, 3.63) is 12.1 Å². The Kier molecular flexibility index (Phi) is 2.41. The first-order valence-electron chi connectivity index (χ1n) is 5.01. The van der Waals surface area contributed by atoms with E-state index in [4.69, 9.17) is 4.74 Å². The Bertz CT molecular complexity index is 388. The number of hydrogen-bond acceptors (Lipinski definition) is 5. The Hall–Kier alpha value is -1.85. The van der Waals surface area contributed by atoms with Crippen molar-refractivity contribution in [2.24, 2.45) is 0 Å². The standard InChI is InChI=1S/C10H13NO5/c1-10(5-2-6-10)15-9(14)16-11-7(12)3-4-8(11)13/h3-4,12-13H,2,5-6H2,1H3. The van der Waals surface area contributed by atoms with E-state index in [1.54, 1.807) is 0 Å². The molecule has 0 atom stereocenters. The van der Waals surface area contributed by atoms with Crippen LogP contribution in [0.4, 0.5) is 4.79 Å². The average molecular weight is 227 g/mol. The molecule has 2 N–H and O–H groups in total. The van der Waals surface area contributed by atoms with Gasteiger partial charge in [0, 0.05) is 12.1 Å². The van der Waals surface area contributed by atoms with Gasteiger partial charge >= 0.3 is 6.16 Å². The van der Waals surface area contributed by atoms with Crippen molar-refractivity contribution in [1.82, 2.24) is 4.73 Å². The lowest BCUT2D eigenvalue weighted by atomic mass is 9.82. The second-order valence-electron chi connectivity index (χ2n) is 4.09. The van der Waals surface area contributed by atoms with Gasteiger partial charge in [-0.1, -0.05) is 0 Å². The Balaban J connectivity index is 1.97. The van der Waals surface area contributed by atoms with Crippen LogP contribution in [0, 0.1) is 0 Å². The summed E-state index contributed by atoms with van der Waals surface area (Å²) in [4.78, 5) is 16.0. The number of ether oxygens (including phenoxy) is 1. The number of carbonyl (C=O) groups is 1. The van der Waals surface area contributed by atoms with E-state index >= 15 is 0 Å². The highest BCUT2D eigenvalue weighted by Gasteiger charge is 2.36. The molecule has 0 saturated heterocycles. The van der Waals surface area contributed by atoms with Gasteiger partial charge in [-0.3, -0.25) is 4.84 Å². The maximum Gasteiger partial charge on any atom is 0.534 e. The number of nitrogens with zero attached hydrogens (tertiary/aromatic N) is 1. The summed E-state index contributed by atoms with van der Waals surface area (Å²) in [6.45, 7) is 1.81. The predicted octanol–water partition coefficient (Wildman–Crippen LogP) is 1.41. The molecule has 1 aliphatic carbocycles. The highest BCUT2D eigenvalue weighted by molar-refractivity contribution is 5.61. The highest BCUT2D eigenvalue weighted by Crippen LogP contribution is 2.35. The molecule has 1 aromatic rings. The lowest BCUT2D eigenvalue weighted by Crippen LogP contribution is -2.40. The summed E-state index contributed by atoms with van der Waals surface area (Å²) in [6, 6.07) is 2.40. The molecule has 0 bridgehead atoms. The summed E-state index contributed by atoms with van der Waals surface area (Å²) in [7, 11) is 0. The molecule has 0 amide bonds. The molecule has 1 aliphatic rings. The summed E-state index contributed by atoms with van der Waals surface area (Å²) >= 11 is 0. The van der Waals surface area contributed by atoms with E-state index in [2.05, 4.69) is 4.84 Å². The molecule has 1 saturated carbocycles. The van der Waals surface area contributed by atoms with E-state index in [1.165, 1.54) is 12.1 Å². The van der Waals surface area contributed by atoms with Gasteiger partial charge in [0.1, 0.15) is 5.60 Å². The van der Waals surface area contributed by atoms with Crippen LogP contribution in [0.25, 0.3) is 0 Å². The minimum atomic E-state index is -0.941. The molecular formula is C10H13NO5. The van der Waals surface area contributed by atoms with Gasteiger partial charge < -0.3 is 14.9 Å². The molecule has 0 radical (unpaired) electrons. The number of aromatic hydroxyl groups is 2. The van der Waals surface area contributed by atoms with Crippen LogP contribution in [0.2, 0.25) is 0 Å². The van der Waals surface area contributed by atoms with Crippen LogP contribution < -0.4 is 4.84 Å². The Labute approximate surface area is 92.0 Å². The quantitative estimate of drug-likeness (QED) is 0.746. The van der Waals surface area contributed by atoms with Crippen LogP contribution in [-0.4, -0.2) is 26.7 Å². The van der Waals surface area contributed by atoms with E-state index in [1.807, 2.05) is 6.92 Å². The number of hydrogen-bond donors (Lipinski definition) is 2. The van der Waals surface area contributed by atoms with Crippen LogP contribution in [0.3, 0.4) is 0 Å². The van der Waals surface area contributed by atoms with Gasteiger partial charge in [0.25, 0.3) is 0 Å². The molecule has 0 unspecified atom stereocenters. The average Bonchev–Trinajstić information content (AvgIpc) is 2.47. The molecule has 0 aliphatic heterocycles. The fraction of sp³-hybridized carbons (Fsp3) is 0.500. The maximum atomic E-state index is 11.3. The summed E-state index contributed by atoms with van der Waals surface area (Å²) in [6.07, 6.45) is 1.67. The molecule has 88 valence electrons. The summed E-state index contributed by atoms with van der Waals surface area (Å²) in [5.74, 6) is -0.735. The third-order valence-electron chi connectivity index (χ3n) is 2.70. The molecule has 0 spiro atoms. The number of aromatic nitrogens is 1. The minimum Gasteiger partial charge on any atom is -0.492 e. The van der Waals surface area contributed by atoms with E-state index in [0.717, 1.165) is 19.3 Å². The van der Waals surface area contributed by atoms with Crippen molar-refractivity contribution >= 4 is 6.16 Å². The topological polar surface area (TPSA) is 80.9 Å². The largest absolute Gasteiger partial charge is 0.534 e. The molecular weight excluding hydrogens is 214 g/mol. The Morgan fingerprint density at radius 1 is 1.38 bits per heavy atom. The SMILES string of the molecule is CC1(OC(=O)On2c(O)ccc2O)CCC1. The van der Waals surface area contributed by atoms with Crippen molar-refractivity contribution in [3.63, 3.8) is 0 Å². The van der Waals surface area contributed by atoms with Crippen molar-refractivity contribution in [3.8, 4) is 11.8 Å². The second kappa shape index (κ2) is 3.62. The zero-order valence-electron chi connectivity index (χ0n) is 8.84. The van der Waals surface area contributed by atoms with E-state index in [9.17, 15) is 15.0 Å². The molecule has 6 nitrogen and oxygen atoms in total. The van der Waals surface area contributed by atoms with Gasteiger partial charge in [-0.2, -0.15) is 0 Å². The third-order valence-corrected chi connectivity index (χ3v) is 2.70. The van der Waals surface area contributed by atoms with Crippen LogP contribution in [-0.2, 0) is 4.74 Å². The Morgan fingerprint density at radius 3 is 2.38 bits per heavy atom. The van der Waals surface area contributed by atoms with E-state index < -0.39 is 11.8 Å². The monoisotopic (exact) mass is 227 g/mol. The zero-order chi connectivity index (χ0) is 11.8. The first-order valence-corrected chi connectivity index (χ1v) is 5.01. The number of rotatable bonds is 2. The molecule has 2 rings (SSSR count). The van der Waals surface area contributed by atoms with E-state index in [-0.39, 0.29) is 11.8 Å². The van der Waals surface area contributed by atoms with Crippen LogP contribution in [0.5, 0.6) is 11.8 Å². The van der Waals surface area contributed by atoms with Crippen LogP contribution >= 0.6 is 0 Å². The van der Waals surface area contributed by atoms with Gasteiger partial charge in [-0.15, -0.1) is 4.73 Å². The summed E-state index contributed by atoms with van der Waals surface area (Å²) in [5, 5.41) is 18.4. The summed E-state index contributed by atoms with van der Waals surface area (Å²) in [5.41, 5.74) is -0.477. The molecule has 0 aromatic carbocycles. The predicted molar refractivity (Wildman–Crippen MR) is 53.1 cm³/mol. The zero-order valence-corrected chi connectivity index (χ0v) is 8.84. The number of carbonyl (C=O) groups excluding carboxylic acids is 1. The Morgan fingerprint density at radius 2 is 1.94 bits per heavy atom. The van der Waals surface area contributed by atoms with E-state index in [0.29, 0.717) is 4.73 Å². The van der Waals surface area contributed by atoms with Crippen LogP contribution in [0.15, 0.2) is 12.1 Å². The lowest BCUT2D eigenvalue weighted by molar-refractivity contribution is -0.0716. The molecule has 1 fully saturated rings. The highest BCUT2D eigenvalue weighted by atomic mass is 16.8. The van der Waals surface area contributed by atoms with Crippen molar-refractivity contribution in [2.45, 2.75) is 31.8 Å². The minimum absolute atomic E-state index is 0.367. The van der Waals surface area contributed by atoms with Gasteiger partial charge in [-0.05, 0) is 26.2 Å². The van der Waals surface area contributed by atoms with Crippen LogP contribution in [0.1, 0.15) is 26.2 Å². The second-order valence-corrected chi connectivity index (χ2v) is 4.09. The first kappa shape index (κ1) is 10.7. The molecule has 1 aromatic heterocycles. The summed E-state index contributed by atoms with van der Waals surface area (Å²) < 4.78 is 5.65. The van der Waals surface area contributed by atoms with Gasteiger partial charge in [-0.25, -0.2) is 4.79 Å². The van der Waals surface area contributed by atoms with Gasteiger partial charge in [0.15, 0.2) is 0 Å². The first-order chi connectivity index (χ1) is 7.50. The lowest BCUT2D eigenvalue weighted by Gasteiger charge is -2.36. The molecule has 6 heteroatoms. The maximum absolute atomic E-state index is 11.3. The fourth-order valence-electron chi connectivity index (χ4n) is 1.57. The van der Waals surface area contributed by atoms with Crippen molar-refractivity contribution in [1.29, 1.82) is 0 Å². The normalized spacial score (nSPS) is 17.6. The van der Waals surface area contributed by atoms with Crippen molar-refractivity contribution < 1.29 is 24.6 Å². The van der Waals surface area contributed by atoms with Gasteiger partial charge in [0.2, 0.25) is 11.8 Å². The van der Waals surface area contributed by atoms with Gasteiger partial charge in [0.05, 0.1) is 0 Å².